The summed E-state index contributed by atoms with van der Waals surface area (Å²) >= 11 is 0. The summed E-state index contributed by atoms with van der Waals surface area (Å²) in [5, 5.41) is 7.22. The number of aryl methyl sites for hydroxylation is 1. The van der Waals surface area contributed by atoms with Crippen LogP contribution in [-0.2, 0) is 10.2 Å². The molecule has 0 spiro atoms. The van der Waals surface area contributed by atoms with Crippen molar-refractivity contribution in [3.8, 4) is 11.3 Å². The number of nitrogens with one attached hydrogen (secondary N) is 1. The summed E-state index contributed by atoms with van der Waals surface area (Å²) in [6, 6.07) is 4.77. The zero-order valence-corrected chi connectivity index (χ0v) is 13.2. The highest BCUT2D eigenvalue weighted by Gasteiger charge is 2.59. The number of amides is 1. The molecule has 120 valence electrons. The summed E-state index contributed by atoms with van der Waals surface area (Å²) in [7, 11) is 0. The molecule has 1 atom stereocenters. The Labute approximate surface area is 132 Å². The summed E-state index contributed by atoms with van der Waals surface area (Å²) in [5.74, 6) is -2.67. The third-order valence-electron chi connectivity index (χ3n) is 4.83. The van der Waals surface area contributed by atoms with Gasteiger partial charge in [-0.15, -0.1) is 0 Å². The number of alkyl halides is 2. The van der Waals surface area contributed by atoms with Gasteiger partial charge in [0.2, 0.25) is 5.91 Å². The molecule has 1 aliphatic heterocycles. The van der Waals surface area contributed by atoms with Crippen molar-refractivity contribution in [2.24, 2.45) is 0 Å². The molecule has 1 unspecified atom stereocenters. The Hall–Kier alpha value is -2.24. The van der Waals surface area contributed by atoms with E-state index in [9.17, 15) is 13.6 Å². The van der Waals surface area contributed by atoms with E-state index < -0.39 is 17.4 Å². The van der Waals surface area contributed by atoms with Gasteiger partial charge in [-0.2, -0.15) is 5.10 Å². The zero-order valence-electron chi connectivity index (χ0n) is 13.2. The van der Waals surface area contributed by atoms with E-state index in [0.29, 0.717) is 5.69 Å². The van der Waals surface area contributed by atoms with Gasteiger partial charge in [-0.3, -0.25) is 9.48 Å². The van der Waals surface area contributed by atoms with Crippen LogP contribution in [-0.4, -0.2) is 21.6 Å². The predicted molar refractivity (Wildman–Crippen MR) is 82.7 cm³/mol. The van der Waals surface area contributed by atoms with E-state index in [2.05, 4.69) is 10.4 Å². The lowest BCUT2D eigenvalue weighted by Crippen LogP contribution is -2.26. The first-order valence-electron chi connectivity index (χ1n) is 7.60. The van der Waals surface area contributed by atoms with Gasteiger partial charge in [0.15, 0.2) is 0 Å². The Balaban J connectivity index is 1.76. The van der Waals surface area contributed by atoms with Crippen LogP contribution in [0.3, 0.4) is 0 Å². The number of hydrogen-bond acceptors (Lipinski definition) is 2. The van der Waals surface area contributed by atoms with Crippen LogP contribution in [0.25, 0.3) is 11.3 Å². The molecule has 0 bridgehead atoms. The average molecular weight is 317 g/mol. The number of halogens is 2. The average Bonchev–Trinajstić information content (AvgIpc) is 2.84. The molecule has 0 radical (unpaired) electrons. The summed E-state index contributed by atoms with van der Waals surface area (Å²) in [6.45, 7) is 5.68. The molecule has 0 saturated heterocycles. The monoisotopic (exact) mass is 317 g/mol. The van der Waals surface area contributed by atoms with Crippen LogP contribution in [0.1, 0.15) is 37.4 Å². The van der Waals surface area contributed by atoms with Crippen molar-refractivity contribution in [3.05, 3.63) is 35.5 Å². The normalized spacial score (nSPS) is 23.5. The number of aromatic nitrogens is 2. The number of nitrogens with zero attached hydrogens (tertiary/aromatic N) is 2. The summed E-state index contributed by atoms with van der Waals surface area (Å²) in [6.07, 6.45) is 1.45. The Bertz CT molecular complexity index is 838. The Morgan fingerprint density at radius 2 is 2.04 bits per heavy atom. The van der Waals surface area contributed by atoms with Crippen LogP contribution in [0.4, 0.5) is 14.5 Å². The largest absolute Gasteiger partial charge is 0.325 e. The molecule has 1 aromatic carbocycles. The first-order chi connectivity index (χ1) is 10.7. The van der Waals surface area contributed by atoms with Gasteiger partial charge in [0.1, 0.15) is 6.04 Å². The maximum Gasteiger partial charge on any atom is 0.272 e. The highest BCUT2D eigenvalue weighted by Crippen LogP contribution is 2.52. The smallest absolute Gasteiger partial charge is 0.272 e. The van der Waals surface area contributed by atoms with E-state index in [1.807, 2.05) is 32.9 Å². The van der Waals surface area contributed by atoms with Gasteiger partial charge in [0.25, 0.3) is 5.92 Å². The molecular formula is C17H17F2N3O. The molecule has 6 heteroatoms. The molecule has 4 nitrogen and oxygen atoms in total. The second-order valence-corrected chi connectivity index (χ2v) is 6.96. The summed E-state index contributed by atoms with van der Waals surface area (Å²) in [5.41, 5.74) is 3.59. The number of benzene rings is 1. The molecule has 1 amide bonds. The zero-order chi connectivity index (χ0) is 16.6. The molecule has 1 aromatic heterocycles. The van der Waals surface area contributed by atoms with E-state index in [4.69, 9.17) is 0 Å². The van der Waals surface area contributed by atoms with Gasteiger partial charge in [-0.1, -0.05) is 0 Å². The molecule has 2 aliphatic rings. The Morgan fingerprint density at radius 3 is 2.70 bits per heavy atom. The summed E-state index contributed by atoms with van der Waals surface area (Å²) < 4.78 is 27.7. The minimum Gasteiger partial charge on any atom is -0.325 e. The standard InChI is InChI=1S/C17H17F2N3O/c1-9-6-10(7-11-14(9)20-15(23)16(11,2)3)12-4-5-22(21-12)13-8-17(13,18)19/h4-7,13H,8H2,1-3H3,(H,20,23). The van der Waals surface area contributed by atoms with Crippen molar-refractivity contribution in [1.29, 1.82) is 0 Å². The number of carbonyl (C=O) groups is 1. The van der Waals surface area contributed by atoms with Crippen LogP contribution >= 0.6 is 0 Å². The molecule has 23 heavy (non-hydrogen) atoms. The Kier molecular flexibility index (Phi) is 2.61. The van der Waals surface area contributed by atoms with Crippen LogP contribution in [0, 0.1) is 6.92 Å². The van der Waals surface area contributed by atoms with E-state index in [1.165, 1.54) is 4.68 Å². The van der Waals surface area contributed by atoms with Crippen molar-refractivity contribution in [2.45, 2.75) is 44.6 Å². The second kappa shape index (κ2) is 4.19. The van der Waals surface area contributed by atoms with Gasteiger partial charge in [0, 0.05) is 23.9 Å². The maximum atomic E-state index is 13.2. The van der Waals surface area contributed by atoms with Crippen LogP contribution in [0.15, 0.2) is 24.4 Å². The molecular weight excluding hydrogens is 300 g/mol. The topological polar surface area (TPSA) is 46.9 Å². The van der Waals surface area contributed by atoms with Crippen LogP contribution < -0.4 is 5.32 Å². The first kappa shape index (κ1) is 14.4. The molecule has 2 heterocycles. The highest BCUT2D eigenvalue weighted by molar-refractivity contribution is 6.06. The van der Waals surface area contributed by atoms with Gasteiger partial charge >= 0.3 is 0 Å². The lowest BCUT2D eigenvalue weighted by Gasteiger charge is -2.16. The van der Waals surface area contributed by atoms with E-state index in [0.717, 1.165) is 22.4 Å². The molecule has 1 saturated carbocycles. The maximum absolute atomic E-state index is 13.2. The minimum atomic E-state index is -2.64. The van der Waals surface area contributed by atoms with Crippen molar-refractivity contribution in [3.63, 3.8) is 0 Å². The molecule has 2 aromatic rings. The minimum absolute atomic E-state index is 0.0316. The van der Waals surface area contributed by atoms with Gasteiger partial charge in [-0.05, 0) is 50.1 Å². The number of fused-ring (bicyclic) bond motifs is 1. The fourth-order valence-corrected chi connectivity index (χ4v) is 3.14. The van der Waals surface area contributed by atoms with Crippen molar-refractivity contribution >= 4 is 11.6 Å². The third-order valence-corrected chi connectivity index (χ3v) is 4.83. The van der Waals surface area contributed by atoms with E-state index in [-0.39, 0.29) is 12.3 Å². The molecule has 4 rings (SSSR count). The number of carbonyl (C=O) groups excluding carboxylic acids is 1. The van der Waals surface area contributed by atoms with Crippen molar-refractivity contribution < 1.29 is 13.6 Å². The molecule has 1 fully saturated rings. The fourth-order valence-electron chi connectivity index (χ4n) is 3.14. The van der Waals surface area contributed by atoms with E-state index in [1.54, 1.807) is 12.3 Å². The number of anilines is 1. The van der Waals surface area contributed by atoms with Crippen molar-refractivity contribution in [2.75, 3.05) is 5.32 Å². The first-order valence-corrected chi connectivity index (χ1v) is 7.60. The lowest BCUT2D eigenvalue weighted by atomic mass is 9.84. The third kappa shape index (κ3) is 2.00. The van der Waals surface area contributed by atoms with Gasteiger partial charge < -0.3 is 5.32 Å². The number of rotatable bonds is 2. The SMILES string of the molecule is Cc1cc(-c2ccn(C3CC3(F)F)n2)cc2c1NC(=O)C2(C)C. The number of hydrogen-bond donors (Lipinski definition) is 1. The predicted octanol–water partition coefficient (Wildman–Crippen LogP) is 3.67. The van der Waals surface area contributed by atoms with Crippen molar-refractivity contribution in [1.82, 2.24) is 9.78 Å². The summed E-state index contributed by atoms with van der Waals surface area (Å²) in [4.78, 5) is 12.1. The fraction of sp³-hybridized carbons (Fsp3) is 0.412. The Morgan fingerprint density at radius 1 is 1.35 bits per heavy atom. The molecule has 1 N–H and O–H groups in total. The van der Waals surface area contributed by atoms with Gasteiger partial charge in [-0.25, -0.2) is 8.78 Å². The quantitative estimate of drug-likeness (QED) is 0.918. The lowest BCUT2D eigenvalue weighted by molar-refractivity contribution is -0.119. The van der Waals surface area contributed by atoms with E-state index >= 15 is 0 Å². The highest BCUT2D eigenvalue weighted by atomic mass is 19.3. The van der Waals surface area contributed by atoms with Crippen LogP contribution in [0.5, 0.6) is 0 Å². The molecule has 1 aliphatic carbocycles. The van der Waals surface area contributed by atoms with Gasteiger partial charge in [0.05, 0.1) is 11.1 Å². The van der Waals surface area contributed by atoms with Crippen LogP contribution in [0.2, 0.25) is 0 Å². The second-order valence-electron chi connectivity index (χ2n) is 6.96.